The summed E-state index contributed by atoms with van der Waals surface area (Å²) in [4.78, 5) is 17.3. The van der Waals surface area contributed by atoms with Gasteiger partial charge >= 0.3 is 0 Å². The van der Waals surface area contributed by atoms with Crippen LogP contribution in [-0.2, 0) is 4.74 Å². The second-order valence-electron chi connectivity index (χ2n) is 7.85. The van der Waals surface area contributed by atoms with Gasteiger partial charge in [0.05, 0.1) is 37.5 Å². The van der Waals surface area contributed by atoms with Gasteiger partial charge < -0.3 is 14.8 Å². The van der Waals surface area contributed by atoms with Crippen molar-refractivity contribution in [1.29, 1.82) is 5.26 Å². The predicted octanol–water partition coefficient (Wildman–Crippen LogP) is 4.52. The van der Waals surface area contributed by atoms with Crippen LogP contribution < -0.4 is 10.1 Å². The van der Waals surface area contributed by atoms with Gasteiger partial charge in [-0.3, -0.25) is 9.69 Å². The lowest BCUT2D eigenvalue weighted by Gasteiger charge is -2.35. The Kier molecular flexibility index (Phi) is 8.21. The Bertz CT molecular complexity index is 1150. The minimum atomic E-state index is -0.135. The molecule has 3 aromatic carbocycles. The molecule has 1 saturated heterocycles. The summed E-state index contributed by atoms with van der Waals surface area (Å²) in [5, 5.41) is 12.6. The standard InChI is InChI=1S/C27H27N3O3S/c1-32-22-12-10-20(11-13-22)24(30-14-16-33-17-15-30)19-29-27(31)23-7-3-5-9-26(23)34-25-8-4-2-6-21(25)18-28/h2-13,24H,14-17,19H2,1H3,(H,29,31)/t24-/m0/s1. The number of morpholine rings is 1. The van der Waals surface area contributed by atoms with E-state index in [0.717, 1.165) is 34.2 Å². The quantitative estimate of drug-likeness (QED) is 0.519. The van der Waals surface area contributed by atoms with Gasteiger partial charge in [-0.15, -0.1) is 0 Å². The largest absolute Gasteiger partial charge is 0.497 e. The number of amides is 1. The van der Waals surface area contributed by atoms with Gasteiger partial charge in [-0.1, -0.05) is 48.2 Å². The van der Waals surface area contributed by atoms with Crippen LogP contribution in [0, 0.1) is 11.3 Å². The number of carbonyl (C=O) groups is 1. The molecular weight excluding hydrogens is 446 g/mol. The third-order valence-electron chi connectivity index (χ3n) is 5.80. The number of methoxy groups -OCH3 is 1. The highest BCUT2D eigenvalue weighted by atomic mass is 32.2. The zero-order chi connectivity index (χ0) is 23.8. The van der Waals surface area contributed by atoms with Crippen molar-refractivity contribution < 1.29 is 14.3 Å². The Morgan fingerprint density at radius 3 is 2.44 bits per heavy atom. The number of nitrogens with zero attached hydrogens (tertiary/aromatic N) is 2. The van der Waals surface area contributed by atoms with Crippen LogP contribution in [0.25, 0.3) is 0 Å². The van der Waals surface area contributed by atoms with E-state index in [-0.39, 0.29) is 11.9 Å². The molecule has 1 fully saturated rings. The van der Waals surface area contributed by atoms with Crippen molar-refractivity contribution in [2.24, 2.45) is 0 Å². The summed E-state index contributed by atoms with van der Waals surface area (Å²) >= 11 is 1.43. The van der Waals surface area contributed by atoms with Gasteiger partial charge in [0.25, 0.3) is 5.91 Å². The molecule has 1 heterocycles. The molecule has 0 aromatic heterocycles. The van der Waals surface area contributed by atoms with E-state index in [1.165, 1.54) is 11.8 Å². The van der Waals surface area contributed by atoms with Crippen molar-refractivity contribution in [3.05, 3.63) is 89.5 Å². The minimum Gasteiger partial charge on any atom is -0.497 e. The average molecular weight is 474 g/mol. The van der Waals surface area contributed by atoms with E-state index in [2.05, 4.69) is 16.3 Å². The molecule has 1 atom stereocenters. The van der Waals surface area contributed by atoms with Crippen molar-refractivity contribution in [3.63, 3.8) is 0 Å². The Morgan fingerprint density at radius 2 is 1.74 bits per heavy atom. The second-order valence-corrected chi connectivity index (χ2v) is 8.94. The molecule has 174 valence electrons. The molecule has 1 aliphatic heterocycles. The number of rotatable bonds is 8. The molecule has 0 bridgehead atoms. The number of benzene rings is 3. The molecule has 0 unspecified atom stereocenters. The van der Waals surface area contributed by atoms with E-state index in [1.54, 1.807) is 13.2 Å². The Balaban J connectivity index is 1.52. The zero-order valence-electron chi connectivity index (χ0n) is 19.1. The molecule has 4 rings (SSSR count). The van der Waals surface area contributed by atoms with Gasteiger partial charge in [-0.25, -0.2) is 0 Å². The van der Waals surface area contributed by atoms with Crippen molar-refractivity contribution >= 4 is 17.7 Å². The fourth-order valence-electron chi connectivity index (χ4n) is 3.97. The SMILES string of the molecule is COc1ccc([C@H](CNC(=O)c2ccccc2Sc2ccccc2C#N)N2CCOCC2)cc1. The summed E-state index contributed by atoms with van der Waals surface area (Å²) < 4.78 is 10.8. The van der Waals surface area contributed by atoms with Crippen molar-refractivity contribution in [3.8, 4) is 11.8 Å². The molecular formula is C27H27N3O3S. The zero-order valence-corrected chi connectivity index (χ0v) is 19.9. The van der Waals surface area contributed by atoms with Crippen LogP contribution in [0.2, 0.25) is 0 Å². The number of carbonyl (C=O) groups excluding carboxylic acids is 1. The van der Waals surface area contributed by atoms with Gasteiger partial charge in [0.15, 0.2) is 0 Å². The van der Waals surface area contributed by atoms with E-state index in [0.29, 0.717) is 30.9 Å². The van der Waals surface area contributed by atoms with E-state index in [9.17, 15) is 10.1 Å². The van der Waals surface area contributed by atoms with Gasteiger partial charge in [-0.05, 0) is 42.0 Å². The highest BCUT2D eigenvalue weighted by Gasteiger charge is 2.24. The van der Waals surface area contributed by atoms with E-state index >= 15 is 0 Å². The van der Waals surface area contributed by atoms with Crippen LogP contribution in [0.3, 0.4) is 0 Å². The number of nitriles is 1. The minimum absolute atomic E-state index is 0.0258. The number of hydrogen-bond acceptors (Lipinski definition) is 6. The highest BCUT2D eigenvalue weighted by molar-refractivity contribution is 7.99. The lowest BCUT2D eigenvalue weighted by Crippen LogP contribution is -2.43. The third kappa shape index (κ3) is 5.78. The number of hydrogen-bond donors (Lipinski definition) is 1. The Morgan fingerprint density at radius 1 is 1.06 bits per heavy atom. The summed E-state index contributed by atoms with van der Waals surface area (Å²) in [5.41, 5.74) is 2.30. The monoisotopic (exact) mass is 473 g/mol. The van der Waals surface area contributed by atoms with Gasteiger partial charge in [0.2, 0.25) is 0 Å². The molecule has 0 saturated carbocycles. The first-order valence-corrected chi connectivity index (χ1v) is 12.0. The lowest BCUT2D eigenvalue weighted by atomic mass is 10.0. The number of nitrogens with one attached hydrogen (secondary N) is 1. The first-order chi connectivity index (χ1) is 16.7. The fraction of sp³-hybridized carbons (Fsp3) is 0.259. The molecule has 3 aromatic rings. The van der Waals surface area contributed by atoms with Crippen LogP contribution in [0.1, 0.15) is 27.5 Å². The van der Waals surface area contributed by atoms with Gasteiger partial charge in [0, 0.05) is 29.4 Å². The Labute approximate surface area is 204 Å². The lowest BCUT2D eigenvalue weighted by molar-refractivity contribution is 0.0162. The summed E-state index contributed by atoms with van der Waals surface area (Å²) in [5.74, 6) is 0.668. The van der Waals surface area contributed by atoms with Gasteiger partial charge in [0.1, 0.15) is 11.8 Å². The molecule has 0 radical (unpaired) electrons. The second kappa shape index (κ2) is 11.7. The molecule has 34 heavy (non-hydrogen) atoms. The first-order valence-electron chi connectivity index (χ1n) is 11.2. The highest BCUT2D eigenvalue weighted by Crippen LogP contribution is 2.32. The smallest absolute Gasteiger partial charge is 0.252 e. The van der Waals surface area contributed by atoms with E-state index in [1.807, 2.05) is 66.7 Å². The summed E-state index contributed by atoms with van der Waals surface area (Å²) in [6.07, 6.45) is 0. The molecule has 1 aliphatic rings. The first kappa shape index (κ1) is 23.8. The topological polar surface area (TPSA) is 74.6 Å². The van der Waals surface area contributed by atoms with Crippen LogP contribution in [-0.4, -0.2) is 50.8 Å². The molecule has 7 heteroatoms. The predicted molar refractivity (Wildman–Crippen MR) is 132 cm³/mol. The van der Waals surface area contributed by atoms with Crippen molar-refractivity contribution in [2.75, 3.05) is 40.0 Å². The molecule has 6 nitrogen and oxygen atoms in total. The summed E-state index contributed by atoms with van der Waals surface area (Å²) in [6.45, 7) is 3.45. The normalized spacial score (nSPS) is 14.7. The molecule has 1 N–H and O–H groups in total. The maximum absolute atomic E-state index is 13.3. The average Bonchev–Trinajstić information content (AvgIpc) is 2.90. The Hall–Kier alpha value is -3.31. The van der Waals surface area contributed by atoms with Crippen molar-refractivity contribution in [1.82, 2.24) is 10.2 Å². The van der Waals surface area contributed by atoms with Crippen molar-refractivity contribution in [2.45, 2.75) is 15.8 Å². The number of ether oxygens (including phenoxy) is 2. The maximum Gasteiger partial charge on any atom is 0.252 e. The fourth-order valence-corrected chi connectivity index (χ4v) is 4.99. The van der Waals surface area contributed by atoms with Crippen LogP contribution in [0.15, 0.2) is 82.6 Å². The van der Waals surface area contributed by atoms with E-state index < -0.39 is 0 Å². The third-order valence-corrected chi connectivity index (χ3v) is 6.95. The summed E-state index contributed by atoms with van der Waals surface area (Å²) in [7, 11) is 1.65. The molecule has 0 aliphatic carbocycles. The van der Waals surface area contributed by atoms with Crippen LogP contribution in [0.4, 0.5) is 0 Å². The van der Waals surface area contributed by atoms with E-state index in [4.69, 9.17) is 9.47 Å². The molecule has 0 spiro atoms. The van der Waals surface area contributed by atoms with Crippen LogP contribution in [0.5, 0.6) is 5.75 Å². The van der Waals surface area contributed by atoms with Gasteiger partial charge in [-0.2, -0.15) is 5.26 Å². The maximum atomic E-state index is 13.3. The molecule has 1 amide bonds. The summed E-state index contributed by atoms with van der Waals surface area (Å²) in [6, 6.07) is 25.2. The van der Waals surface area contributed by atoms with Crippen LogP contribution >= 0.6 is 11.8 Å².